The summed E-state index contributed by atoms with van der Waals surface area (Å²) >= 11 is 0. The Balaban J connectivity index is 1.78. The minimum Gasteiger partial charge on any atom is -0.497 e. The molecule has 0 bridgehead atoms. The Hall–Kier alpha value is -3.26. The molecule has 0 radical (unpaired) electrons. The van der Waals surface area contributed by atoms with Crippen molar-refractivity contribution >= 4 is 5.91 Å². The smallest absolute Gasteiger partial charge is 0.263 e. The maximum Gasteiger partial charge on any atom is 0.263 e. The van der Waals surface area contributed by atoms with Gasteiger partial charge in [0.15, 0.2) is 0 Å². The SMILES string of the molecule is COc1ccc(CCNC(=O)/C(C#N)=C\NCc2ccccc2)cc1. The van der Waals surface area contributed by atoms with E-state index in [0.717, 1.165) is 16.9 Å². The van der Waals surface area contributed by atoms with E-state index < -0.39 is 0 Å². The number of hydrogen-bond donors (Lipinski definition) is 2. The molecule has 0 unspecified atom stereocenters. The van der Waals surface area contributed by atoms with Crippen molar-refractivity contribution in [3.05, 3.63) is 77.5 Å². The van der Waals surface area contributed by atoms with Gasteiger partial charge in [0.25, 0.3) is 5.91 Å². The van der Waals surface area contributed by atoms with Crippen LogP contribution in [-0.2, 0) is 17.8 Å². The fourth-order valence-electron chi connectivity index (χ4n) is 2.22. The maximum atomic E-state index is 12.0. The third-order valence-electron chi connectivity index (χ3n) is 3.62. The number of hydrogen-bond acceptors (Lipinski definition) is 4. The predicted octanol–water partition coefficient (Wildman–Crippen LogP) is 2.55. The van der Waals surface area contributed by atoms with Gasteiger partial charge in [-0.3, -0.25) is 4.79 Å². The minimum atomic E-state index is -0.378. The average molecular weight is 335 g/mol. The lowest BCUT2D eigenvalue weighted by Crippen LogP contribution is -2.27. The highest BCUT2D eigenvalue weighted by atomic mass is 16.5. The molecule has 0 saturated heterocycles. The molecule has 2 rings (SSSR count). The summed E-state index contributed by atoms with van der Waals surface area (Å²) in [6.07, 6.45) is 2.14. The molecule has 0 fully saturated rings. The summed E-state index contributed by atoms with van der Waals surface area (Å²) in [5.74, 6) is 0.420. The summed E-state index contributed by atoms with van der Waals surface area (Å²) < 4.78 is 5.11. The zero-order chi connectivity index (χ0) is 17.9. The van der Waals surface area contributed by atoms with Crippen LogP contribution in [0.2, 0.25) is 0 Å². The van der Waals surface area contributed by atoms with Gasteiger partial charge in [0, 0.05) is 19.3 Å². The standard InChI is InChI=1S/C20H21N3O2/c1-25-19-9-7-16(8-10-19)11-12-23-20(24)18(13-21)15-22-14-17-5-3-2-4-6-17/h2-10,15,22H,11-12,14H2,1H3,(H,23,24)/b18-15-. The zero-order valence-electron chi connectivity index (χ0n) is 14.2. The van der Waals surface area contributed by atoms with Crippen molar-refractivity contribution in [3.8, 4) is 11.8 Å². The van der Waals surface area contributed by atoms with E-state index in [4.69, 9.17) is 10.00 Å². The van der Waals surface area contributed by atoms with Crippen molar-refractivity contribution in [1.82, 2.24) is 10.6 Å². The monoisotopic (exact) mass is 335 g/mol. The molecule has 0 saturated carbocycles. The molecule has 1 amide bonds. The van der Waals surface area contributed by atoms with Gasteiger partial charge in [0.1, 0.15) is 17.4 Å². The van der Waals surface area contributed by atoms with Gasteiger partial charge in [-0.25, -0.2) is 0 Å². The molecular formula is C20H21N3O2. The summed E-state index contributed by atoms with van der Waals surface area (Å²) in [6.45, 7) is 1.02. The van der Waals surface area contributed by atoms with Gasteiger partial charge in [0.05, 0.1) is 7.11 Å². The van der Waals surface area contributed by atoms with Crippen molar-refractivity contribution in [2.75, 3.05) is 13.7 Å². The van der Waals surface area contributed by atoms with E-state index in [1.807, 2.05) is 60.7 Å². The van der Waals surface area contributed by atoms with Crippen LogP contribution in [0, 0.1) is 11.3 Å². The number of nitrogens with one attached hydrogen (secondary N) is 2. The Bertz CT molecular complexity index is 747. The summed E-state index contributed by atoms with van der Waals surface area (Å²) in [4.78, 5) is 12.0. The number of nitriles is 1. The van der Waals surface area contributed by atoms with E-state index in [2.05, 4.69) is 10.6 Å². The van der Waals surface area contributed by atoms with E-state index in [1.165, 1.54) is 6.20 Å². The van der Waals surface area contributed by atoms with Crippen LogP contribution in [0.4, 0.5) is 0 Å². The highest BCUT2D eigenvalue weighted by Gasteiger charge is 2.07. The van der Waals surface area contributed by atoms with Crippen LogP contribution in [0.3, 0.4) is 0 Å². The molecule has 0 aliphatic carbocycles. The Morgan fingerprint density at radius 1 is 1.12 bits per heavy atom. The van der Waals surface area contributed by atoms with Gasteiger partial charge in [-0.1, -0.05) is 42.5 Å². The first-order valence-electron chi connectivity index (χ1n) is 8.01. The molecule has 0 aromatic heterocycles. The van der Waals surface area contributed by atoms with E-state index in [0.29, 0.717) is 19.5 Å². The van der Waals surface area contributed by atoms with Crippen LogP contribution >= 0.6 is 0 Å². The van der Waals surface area contributed by atoms with Gasteiger partial charge in [-0.15, -0.1) is 0 Å². The van der Waals surface area contributed by atoms with Crippen LogP contribution < -0.4 is 15.4 Å². The summed E-state index contributed by atoms with van der Waals surface area (Å²) in [7, 11) is 1.62. The van der Waals surface area contributed by atoms with Crippen molar-refractivity contribution in [2.45, 2.75) is 13.0 Å². The molecule has 25 heavy (non-hydrogen) atoms. The average Bonchev–Trinajstić information content (AvgIpc) is 2.66. The normalized spacial score (nSPS) is 10.6. The lowest BCUT2D eigenvalue weighted by molar-refractivity contribution is -0.117. The minimum absolute atomic E-state index is 0.0608. The number of carbonyl (C=O) groups excluding carboxylic acids is 1. The molecule has 0 heterocycles. The molecular weight excluding hydrogens is 314 g/mol. The fraction of sp³-hybridized carbons (Fsp3) is 0.200. The van der Waals surface area contributed by atoms with E-state index in [9.17, 15) is 4.79 Å². The van der Waals surface area contributed by atoms with E-state index in [-0.39, 0.29) is 11.5 Å². The van der Waals surface area contributed by atoms with Crippen molar-refractivity contribution in [2.24, 2.45) is 0 Å². The summed E-state index contributed by atoms with van der Waals surface area (Å²) in [5.41, 5.74) is 2.23. The molecule has 5 heteroatoms. The third kappa shape index (κ3) is 6.04. The van der Waals surface area contributed by atoms with Gasteiger partial charge >= 0.3 is 0 Å². The number of rotatable bonds is 8. The number of benzene rings is 2. The van der Waals surface area contributed by atoms with Crippen LogP contribution in [0.25, 0.3) is 0 Å². The molecule has 128 valence electrons. The molecule has 2 aromatic carbocycles. The Morgan fingerprint density at radius 3 is 2.48 bits per heavy atom. The first-order valence-corrected chi connectivity index (χ1v) is 8.01. The molecule has 5 nitrogen and oxygen atoms in total. The second-order valence-electron chi connectivity index (χ2n) is 5.39. The largest absolute Gasteiger partial charge is 0.497 e. The van der Waals surface area contributed by atoms with Crippen molar-refractivity contribution in [1.29, 1.82) is 5.26 Å². The first-order chi connectivity index (χ1) is 12.2. The second kappa shape index (κ2) is 9.78. The number of ether oxygens (including phenoxy) is 1. The number of nitrogens with zero attached hydrogens (tertiary/aromatic N) is 1. The van der Waals surface area contributed by atoms with Crippen LogP contribution in [0.15, 0.2) is 66.4 Å². The number of methoxy groups -OCH3 is 1. The summed E-state index contributed by atoms with van der Waals surface area (Å²) in [6, 6.07) is 19.4. The fourth-order valence-corrected chi connectivity index (χ4v) is 2.22. The second-order valence-corrected chi connectivity index (χ2v) is 5.39. The number of amides is 1. The van der Waals surface area contributed by atoms with Gasteiger partial charge < -0.3 is 15.4 Å². The maximum absolute atomic E-state index is 12.0. The lowest BCUT2D eigenvalue weighted by Gasteiger charge is -2.06. The topological polar surface area (TPSA) is 74.1 Å². The third-order valence-corrected chi connectivity index (χ3v) is 3.62. The molecule has 0 spiro atoms. The predicted molar refractivity (Wildman–Crippen MR) is 96.7 cm³/mol. The molecule has 2 N–H and O–H groups in total. The molecule has 2 aromatic rings. The van der Waals surface area contributed by atoms with E-state index >= 15 is 0 Å². The Morgan fingerprint density at radius 2 is 1.84 bits per heavy atom. The van der Waals surface area contributed by atoms with Crippen molar-refractivity contribution in [3.63, 3.8) is 0 Å². The van der Waals surface area contributed by atoms with E-state index in [1.54, 1.807) is 7.11 Å². The number of carbonyl (C=O) groups is 1. The highest BCUT2D eigenvalue weighted by molar-refractivity contribution is 5.97. The quantitative estimate of drug-likeness (QED) is 0.574. The van der Waals surface area contributed by atoms with Crippen molar-refractivity contribution < 1.29 is 9.53 Å². The molecule has 0 atom stereocenters. The van der Waals surface area contributed by atoms with Gasteiger partial charge in [-0.05, 0) is 29.7 Å². The van der Waals surface area contributed by atoms with Crippen LogP contribution in [-0.4, -0.2) is 19.6 Å². The highest BCUT2D eigenvalue weighted by Crippen LogP contribution is 2.11. The lowest BCUT2D eigenvalue weighted by atomic mass is 10.1. The zero-order valence-corrected chi connectivity index (χ0v) is 14.2. The Kier molecular flexibility index (Phi) is 7.08. The van der Waals surface area contributed by atoms with Crippen LogP contribution in [0.1, 0.15) is 11.1 Å². The summed E-state index contributed by atoms with van der Waals surface area (Å²) in [5, 5.41) is 14.9. The van der Waals surface area contributed by atoms with Gasteiger partial charge in [-0.2, -0.15) is 5.26 Å². The first kappa shape index (κ1) is 18.1. The molecule has 0 aliphatic heterocycles. The Labute approximate surface area is 147 Å². The molecule has 0 aliphatic rings. The van der Waals surface area contributed by atoms with Crippen LogP contribution in [0.5, 0.6) is 5.75 Å². The van der Waals surface area contributed by atoms with Gasteiger partial charge in [0.2, 0.25) is 0 Å².